The van der Waals surface area contributed by atoms with E-state index in [-0.39, 0.29) is 12.1 Å². The molecule has 1 heterocycles. The quantitative estimate of drug-likeness (QED) is 0.772. The fraction of sp³-hybridized carbons (Fsp3) is 0.571. The Morgan fingerprint density at radius 3 is 2.74 bits per heavy atom. The Kier molecular flexibility index (Phi) is 5.24. The van der Waals surface area contributed by atoms with Crippen LogP contribution in [0.15, 0.2) is 18.2 Å². The zero-order valence-corrected chi connectivity index (χ0v) is 10.9. The van der Waals surface area contributed by atoms with Crippen LogP contribution in [0.5, 0.6) is 0 Å². The van der Waals surface area contributed by atoms with Gasteiger partial charge in [0.05, 0.1) is 6.10 Å². The minimum atomic E-state index is -1.02. The number of nitrogens with zero attached hydrogens (tertiary/aromatic N) is 1. The maximum atomic E-state index is 13.4. The van der Waals surface area contributed by atoms with Crippen molar-refractivity contribution in [2.75, 3.05) is 32.7 Å². The number of likely N-dealkylation sites (tertiary alicyclic amines) is 1. The zero-order valence-electron chi connectivity index (χ0n) is 10.9. The van der Waals surface area contributed by atoms with Crippen molar-refractivity contribution in [3.05, 3.63) is 35.4 Å². The number of hydrogen-bond acceptors (Lipinski definition) is 3. The maximum absolute atomic E-state index is 13.4. The lowest BCUT2D eigenvalue weighted by atomic mass is 10.1. The van der Waals surface area contributed by atoms with E-state index in [4.69, 9.17) is 0 Å². The van der Waals surface area contributed by atoms with Gasteiger partial charge in [0, 0.05) is 25.2 Å². The lowest BCUT2D eigenvalue weighted by molar-refractivity contribution is 0.168. The number of nitrogens with one attached hydrogen (secondary N) is 1. The minimum absolute atomic E-state index is 0.00803. The van der Waals surface area contributed by atoms with Crippen molar-refractivity contribution in [2.45, 2.75) is 18.9 Å². The van der Waals surface area contributed by atoms with Gasteiger partial charge in [0.15, 0.2) is 0 Å². The van der Waals surface area contributed by atoms with E-state index in [0.717, 1.165) is 44.4 Å². The highest BCUT2D eigenvalue weighted by molar-refractivity contribution is 5.21. The smallest absolute Gasteiger partial charge is 0.129 e. The molecule has 1 atom stereocenters. The summed E-state index contributed by atoms with van der Waals surface area (Å²) in [6, 6.07) is 3.13. The molecule has 1 fully saturated rings. The first-order valence-electron chi connectivity index (χ1n) is 6.73. The van der Waals surface area contributed by atoms with Gasteiger partial charge in [0.2, 0.25) is 0 Å². The van der Waals surface area contributed by atoms with E-state index in [1.165, 1.54) is 12.8 Å². The van der Waals surface area contributed by atoms with Crippen molar-refractivity contribution >= 4 is 0 Å². The predicted molar refractivity (Wildman–Crippen MR) is 69.9 cm³/mol. The number of hydrogen-bond donors (Lipinski definition) is 2. The number of aliphatic hydroxyl groups is 1. The van der Waals surface area contributed by atoms with Crippen LogP contribution in [0.2, 0.25) is 0 Å². The molecule has 0 amide bonds. The lowest BCUT2D eigenvalue weighted by Crippen LogP contribution is -2.32. The van der Waals surface area contributed by atoms with Crippen LogP contribution in [0, 0.1) is 11.6 Å². The van der Waals surface area contributed by atoms with Crippen molar-refractivity contribution in [1.29, 1.82) is 0 Å². The molecule has 2 rings (SSSR count). The molecule has 0 aromatic heterocycles. The molecular weight excluding hydrogens is 250 g/mol. The predicted octanol–water partition coefficient (Wildman–Crippen LogP) is 1.68. The second kappa shape index (κ2) is 6.93. The molecule has 19 heavy (non-hydrogen) atoms. The van der Waals surface area contributed by atoms with E-state index in [1.54, 1.807) is 0 Å². The third-order valence-electron chi connectivity index (χ3n) is 3.46. The number of rotatable bonds is 6. The summed E-state index contributed by atoms with van der Waals surface area (Å²) in [6.07, 6.45) is 1.48. The van der Waals surface area contributed by atoms with Crippen molar-refractivity contribution in [3.63, 3.8) is 0 Å². The lowest BCUT2D eigenvalue weighted by Gasteiger charge is -2.17. The molecule has 1 unspecified atom stereocenters. The van der Waals surface area contributed by atoms with Gasteiger partial charge in [-0.3, -0.25) is 0 Å². The molecule has 2 N–H and O–H groups in total. The summed E-state index contributed by atoms with van der Waals surface area (Å²) in [4.78, 5) is 2.35. The number of halogens is 2. The molecule has 0 spiro atoms. The molecule has 0 bridgehead atoms. The van der Waals surface area contributed by atoms with Crippen LogP contribution in [0.1, 0.15) is 24.5 Å². The molecule has 1 aliphatic rings. The number of aliphatic hydroxyl groups excluding tert-OH is 1. The van der Waals surface area contributed by atoms with Crippen LogP contribution in [-0.4, -0.2) is 42.7 Å². The third kappa shape index (κ3) is 4.23. The average Bonchev–Trinajstić information content (AvgIpc) is 2.90. The molecule has 5 heteroatoms. The van der Waals surface area contributed by atoms with Crippen LogP contribution < -0.4 is 5.32 Å². The van der Waals surface area contributed by atoms with Gasteiger partial charge in [-0.15, -0.1) is 0 Å². The van der Waals surface area contributed by atoms with Gasteiger partial charge in [-0.2, -0.15) is 0 Å². The fourth-order valence-corrected chi connectivity index (χ4v) is 2.36. The highest BCUT2D eigenvalue weighted by Crippen LogP contribution is 2.17. The van der Waals surface area contributed by atoms with E-state index in [1.807, 2.05) is 0 Å². The first-order chi connectivity index (χ1) is 9.16. The van der Waals surface area contributed by atoms with Crippen molar-refractivity contribution in [1.82, 2.24) is 10.2 Å². The summed E-state index contributed by atoms with van der Waals surface area (Å²) >= 11 is 0. The van der Waals surface area contributed by atoms with Crippen LogP contribution in [0.25, 0.3) is 0 Å². The Morgan fingerprint density at radius 2 is 2.00 bits per heavy atom. The molecule has 1 aromatic carbocycles. The highest BCUT2D eigenvalue weighted by atomic mass is 19.1. The highest BCUT2D eigenvalue weighted by Gasteiger charge is 2.14. The van der Waals surface area contributed by atoms with E-state index >= 15 is 0 Å². The average molecular weight is 270 g/mol. The molecule has 1 aromatic rings. The van der Waals surface area contributed by atoms with Crippen LogP contribution in [0.3, 0.4) is 0 Å². The summed E-state index contributed by atoms with van der Waals surface area (Å²) in [5, 5.41) is 12.9. The Labute approximate surface area is 112 Å². The van der Waals surface area contributed by atoms with E-state index in [9.17, 15) is 13.9 Å². The topological polar surface area (TPSA) is 35.5 Å². The standard InChI is InChI=1S/C14H20F2N2O/c15-11-3-4-13(16)12(9-11)14(19)10-17-5-8-18-6-1-2-7-18/h3-4,9,14,17,19H,1-2,5-8,10H2. The SMILES string of the molecule is OC(CNCCN1CCCC1)c1cc(F)ccc1F. The van der Waals surface area contributed by atoms with Gasteiger partial charge in [0.25, 0.3) is 0 Å². The Hall–Kier alpha value is -1.04. The summed E-state index contributed by atoms with van der Waals surface area (Å²) in [6.45, 7) is 4.16. The third-order valence-corrected chi connectivity index (χ3v) is 3.46. The molecule has 1 aliphatic heterocycles. The van der Waals surface area contributed by atoms with E-state index in [0.29, 0.717) is 0 Å². The van der Waals surface area contributed by atoms with Crippen LogP contribution in [0.4, 0.5) is 8.78 Å². The second-order valence-electron chi connectivity index (χ2n) is 4.93. The molecular formula is C14H20F2N2O. The normalized spacial score (nSPS) is 17.8. The molecule has 0 saturated carbocycles. The van der Waals surface area contributed by atoms with Gasteiger partial charge in [-0.25, -0.2) is 8.78 Å². The van der Waals surface area contributed by atoms with Gasteiger partial charge >= 0.3 is 0 Å². The number of benzene rings is 1. The largest absolute Gasteiger partial charge is 0.387 e. The van der Waals surface area contributed by atoms with Gasteiger partial charge in [-0.1, -0.05) is 0 Å². The molecule has 1 saturated heterocycles. The first kappa shape index (κ1) is 14.4. The zero-order chi connectivity index (χ0) is 13.7. The summed E-state index contributed by atoms with van der Waals surface area (Å²) < 4.78 is 26.4. The Morgan fingerprint density at radius 1 is 1.26 bits per heavy atom. The van der Waals surface area contributed by atoms with E-state index in [2.05, 4.69) is 10.2 Å². The molecule has 0 radical (unpaired) electrons. The molecule has 3 nitrogen and oxygen atoms in total. The summed E-state index contributed by atoms with van der Waals surface area (Å²) in [5.41, 5.74) is 0.00803. The summed E-state index contributed by atoms with van der Waals surface area (Å²) in [7, 11) is 0. The van der Waals surface area contributed by atoms with Gasteiger partial charge < -0.3 is 15.3 Å². The second-order valence-corrected chi connectivity index (χ2v) is 4.93. The van der Waals surface area contributed by atoms with Crippen molar-refractivity contribution in [3.8, 4) is 0 Å². The van der Waals surface area contributed by atoms with Crippen LogP contribution in [-0.2, 0) is 0 Å². The first-order valence-corrected chi connectivity index (χ1v) is 6.73. The van der Waals surface area contributed by atoms with Crippen molar-refractivity contribution in [2.24, 2.45) is 0 Å². The van der Waals surface area contributed by atoms with Gasteiger partial charge in [-0.05, 0) is 44.1 Å². The monoisotopic (exact) mass is 270 g/mol. The van der Waals surface area contributed by atoms with Crippen LogP contribution >= 0.6 is 0 Å². The Bertz CT molecular complexity index is 408. The maximum Gasteiger partial charge on any atom is 0.129 e. The van der Waals surface area contributed by atoms with Crippen molar-refractivity contribution < 1.29 is 13.9 Å². The Balaban J connectivity index is 1.74. The minimum Gasteiger partial charge on any atom is -0.387 e. The van der Waals surface area contributed by atoms with E-state index < -0.39 is 17.7 Å². The summed E-state index contributed by atoms with van der Waals surface area (Å²) in [5.74, 6) is -1.11. The van der Waals surface area contributed by atoms with Gasteiger partial charge in [0.1, 0.15) is 11.6 Å². The molecule has 0 aliphatic carbocycles. The fourth-order valence-electron chi connectivity index (χ4n) is 2.36. The molecule has 106 valence electrons.